The number of pyridine rings is 1. The minimum Gasteiger partial charge on any atom is -0.486 e. The van der Waals surface area contributed by atoms with Crippen LogP contribution < -0.4 is 14.8 Å². The van der Waals surface area contributed by atoms with Crippen LogP contribution in [0.1, 0.15) is 17.2 Å². The Kier molecular flexibility index (Phi) is 3.89. The van der Waals surface area contributed by atoms with Crippen LogP contribution in [0.5, 0.6) is 11.5 Å². The maximum absolute atomic E-state index is 5.64. The number of nitrogens with zero attached hydrogens (tertiary/aromatic N) is 1. The summed E-state index contributed by atoms with van der Waals surface area (Å²) in [5, 5.41) is 3.31. The Morgan fingerprint density at radius 1 is 1.10 bits per heavy atom. The monoisotopic (exact) mass is 334 g/mol. The predicted octanol–water partition coefficient (Wildman–Crippen LogP) is 2.92. The first-order chi connectivity index (χ1) is 9.78. The number of ether oxygens (including phenoxy) is 2. The smallest absolute Gasteiger partial charge is 0.161 e. The van der Waals surface area contributed by atoms with Gasteiger partial charge in [-0.3, -0.25) is 4.98 Å². The number of benzene rings is 1. The number of aromatic nitrogens is 1. The number of halogens is 1. The molecule has 104 valence electrons. The molecule has 3 rings (SSSR count). The third-order valence-corrected chi connectivity index (χ3v) is 3.68. The van der Waals surface area contributed by atoms with Crippen molar-refractivity contribution in [2.45, 2.75) is 6.04 Å². The largest absolute Gasteiger partial charge is 0.486 e. The maximum atomic E-state index is 5.64. The minimum atomic E-state index is 0.0656. The molecule has 1 atom stereocenters. The van der Waals surface area contributed by atoms with Gasteiger partial charge in [0.05, 0.1) is 6.04 Å². The van der Waals surface area contributed by atoms with Gasteiger partial charge in [0.2, 0.25) is 0 Å². The van der Waals surface area contributed by atoms with Crippen molar-refractivity contribution >= 4 is 15.9 Å². The molecule has 20 heavy (non-hydrogen) atoms. The molecular formula is C15H15BrN2O2. The lowest BCUT2D eigenvalue weighted by Crippen LogP contribution is -2.19. The zero-order valence-corrected chi connectivity index (χ0v) is 12.7. The average Bonchev–Trinajstić information content (AvgIpc) is 2.48. The van der Waals surface area contributed by atoms with E-state index in [2.05, 4.69) is 38.4 Å². The molecule has 0 spiro atoms. The molecule has 1 N–H and O–H groups in total. The van der Waals surface area contributed by atoms with Gasteiger partial charge in [-0.25, -0.2) is 0 Å². The molecule has 2 aromatic rings. The predicted molar refractivity (Wildman–Crippen MR) is 80.3 cm³/mol. The molecule has 0 radical (unpaired) electrons. The summed E-state index contributed by atoms with van der Waals surface area (Å²) in [6.07, 6.45) is 3.64. The number of hydrogen-bond donors (Lipinski definition) is 1. The van der Waals surface area contributed by atoms with Crippen molar-refractivity contribution in [1.82, 2.24) is 10.3 Å². The van der Waals surface area contributed by atoms with Crippen LogP contribution in [-0.4, -0.2) is 25.2 Å². The van der Waals surface area contributed by atoms with E-state index in [1.165, 1.54) is 0 Å². The molecule has 0 aliphatic carbocycles. The van der Waals surface area contributed by atoms with Crippen molar-refractivity contribution in [2.24, 2.45) is 0 Å². The Hall–Kier alpha value is -1.59. The topological polar surface area (TPSA) is 43.4 Å². The molecule has 1 aliphatic heterocycles. The van der Waals surface area contributed by atoms with E-state index in [1.807, 2.05) is 25.4 Å². The van der Waals surface area contributed by atoms with Crippen LogP contribution in [0.4, 0.5) is 0 Å². The first-order valence-corrected chi connectivity index (χ1v) is 7.24. The first kappa shape index (κ1) is 13.4. The summed E-state index contributed by atoms with van der Waals surface area (Å²) < 4.78 is 12.2. The zero-order valence-electron chi connectivity index (χ0n) is 11.1. The summed E-state index contributed by atoms with van der Waals surface area (Å²) in [4.78, 5) is 4.22. The minimum absolute atomic E-state index is 0.0656. The lowest BCUT2D eigenvalue weighted by molar-refractivity contribution is 0.171. The van der Waals surface area contributed by atoms with E-state index in [-0.39, 0.29) is 6.04 Å². The second-order valence-electron chi connectivity index (χ2n) is 4.56. The second-order valence-corrected chi connectivity index (χ2v) is 5.48. The van der Waals surface area contributed by atoms with Crippen molar-refractivity contribution in [2.75, 3.05) is 20.3 Å². The van der Waals surface area contributed by atoms with E-state index >= 15 is 0 Å². The fourth-order valence-corrected chi connectivity index (χ4v) is 2.73. The number of fused-ring (bicyclic) bond motifs is 1. The fraction of sp³-hybridized carbons (Fsp3) is 0.267. The Morgan fingerprint density at radius 2 is 1.90 bits per heavy atom. The first-order valence-electron chi connectivity index (χ1n) is 6.45. The van der Waals surface area contributed by atoms with Crippen LogP contribution >= 0.6 is 15.9 Å². The van der Waals surface area contributed by atoms with Crippen LogP contribution in [-0.2, 0) is 0 Å². The Morgan fingerprint density at radius 3 is 2.65 bits per heavy atom. The van der Waals surface area contributed by atoms with Gasteiger partial charge in [-0.15, -0.1) is 0 Å². The highest BCUT2D eigenvalue weighted by Gasteiger charge is 2.17. The van der Waals surface area contributed by atoms with Crippen molar-refractivity contribution in [3.8, 4) is 11.5 Å². The molecule has 2 heterocycles. The number of hydrogen-bond acceptors (Lipinski definition) is 4. The highest BCUT2D eigenvalue weighted by Crippen LogP contribution is 2.34. The summed E-state index contributed by atoms with van der Waals surface area (Å²) in [5.41, 5.74) is 2.22. The molecule has 0 fully saturated rings. The van der Waals surface area contributed by atoms with Crippen molar-refractivity contribution < 1.29 is 9.47 Å². The fourth-order valence-electron chi connectivity index (χ4n) is 2.35. The summed E-state index contributed by atoms with van der Waals surface area (Å²) in [7, 11) is 1.93. The molecule has 0 amide bonds. The SMILES string of the molecule is CNC(c1cncc(Br)c1)c1ccc2c(c1)OCCO2. The van der Waals surface area contributed by atoms with E-state index in [0.29, 0.717) is 13.2 Å². The quantitative estimate of drug-likeness (QED) is 0.937. The van der Waals surface area contributed by atoms with Crippen LogP contribution in [0.3, 0.4) is 0 Å². The molecule has 0 saturated heterocycles. The van der Waals surface area contributed by atoms with Gasteiger partial charge in [-0.1, -0.05) is 6.07 Å². The van der Waals surface area contributed by atoms with E-state index in [9.17, 15) is 0 Å². The van der Waals surface area contributed by atoms with Gasteiger partial charge in [0.1, 0.15) is 13.2 Å². The molecular weight excluding hydrogens is 320 g/mol. The molecule has 4 nitrogen and oxygen atoms in total. The molecule has 1 unspecified atom stereocenters. The van der Waals surface area contributed by atoms with E-state index in [1.54, 1.807) is 6.20 Å². The van der Waals surface area contributed by atoms with Gasteiger partial charge < -0.3 is 14.8 Å². The molecule has 1 aliphatic rings. The molecule has 1 aromatic carbocycles. The van der Waals surface area contributed by atoms with Gasteiger partial charge in [-0.05, 0) is 52.3 Å². The van der Waals surface area contributed by atoms with Crippen LogP contribution in [0, 0.1) is 0 Å². The highest BCUT2D eigenvalue weighted by atomic mass is 79.9. The van der Waals surface area contributed by atoms with Gasteiger partial charge in [0.15, 0.2) is 11.5 Å². The Bertz CT molecular complexity index is 619. The lowest BCUT2D eigenvalue weighted by atomic mass is 10.00. The molecule has 1 aromatic heterocycles. The number of nitrogens with one attached hydrogen (secondary N) is 1. The Labute approximate surface area is 126 Å². The molecule has 0 bridgehead atoms. The van der Waals surface area contributed by atoms with Gasteiger partial charge in [-0.2, -0.15) is 0 Å². The van der Waals surface area contributed by atoms with Crippen molar-refractivity contribution in [3.05, 3.63) is 52.3 Å². The second kappa shape index (κ2) is 5.81. The normalized spacial score (nSPS) is 14.9. The summed E-state index contributed by atoms with van der Waals surface area (Å²) in [6.45, 7) is 1.20. The van der Waals surface area contributed by atoms with Crippen molar-refractivity contribution in [3.63, 3.8) is 0 Å². The zero-order chi connectivity index (χ0) is 13.9. The van der Waals surface area contributed by atoms with Gasteiger partial charge in [0.25, 0.3) is 0 Å². The Balaban J connectivity index is 1.97. The maximum Gasteiger partial charge on any atom is 0.161 e. The summed E-state index contributed by atoms with van der Waals surface area (Å²) in [5.74, 6) is 1.61. The summed E-state index contributed by atoms with van der Waals surface area (Å²) >= 11 is 3.46. The third-order valence-electron chi connectivity index (χ3n) is 3.25. The van der Waals surface area contributed by atoms with E-state index in [4.69, 9.17) is 9.47 Å². The standard InChI is InChI=1S/C15H15BrN2O2/c1-17-15(11-6-12(16)9-18-8-11)10-2-3-13-14(7-10)20-5-4-19-13/h2-3,6-9,15,17H,4-5H2,1H3. The highest BCUT2D eigenvalue weighted by molar-refractivity contribution is 9.10. The van der Waals surface area contributed by atoms with Crippen LogP contribution in [0.25, 0.3) is 0 Å². The van der Waals surface area contributed by atoms with Gasteiger partial charge in [0, 0.05) is 16.9 Å². The van der Waals surface area contributed by atoms with Crippen LogP contribution in [0.2, 0.25) is 0 Å². The van der Waals surface area contributed by atoms with E-state index in [0.717, 1.165) is 27.1 Å². The number of rotatable bonds is 3. The average molecular weight is 335 g/mol. The van der Waals surface area contributed by atoms with Crippen LogP contribution in [0.15, 0.2) is 41.1 Å². The third kappa shape index (κ3) is 2.64. The molecule has 5 heteroatoms. The van der Waals surface area contributed by atoms with E-state index < -0.39 is 0 Å². The lowest BCUT2D eigenvalue weighted by Gasteiger charge is -2.22. The molecule has 0 saturated carbocycles. The summed E-state index contributed by atoms with van der Waals surface area (Å²) in [6, 6.07) is 8.16. The van der Waals surface area contributed by atoms with Crippen molar-refractivity contribution in [1.29, 1.82) is 0 Å². The van der Waals surface area contributed by atoms with Gasteiger partial charge >= 0.3 is 0 Å².